The van der Waals surface area contributed by atoms with Crippen LogP contribution in [-0.2, 0) is 9.59 Å². The maximum absolute atomic E-state index is 12.4. The van der Waals surface area contributed by atoms with Gasteiger partial charge < -0.3 is 25.4 Å². The molecule has 22 heavy (non-hydrogen) atoms. The number of hydrogen-bond acceptors (Lipinski definition) is 5. The third-order valence-electron chi connectivity index (χ3n) is 3.61. The quantitative estimate of drug-likeness (QED) is 0.821. The summed E-state index contributed by atoms with van der Waals surface area (Å²) < 4.78 is 10.6. The van der Waals surface area contributed by atoms with Gasteiger partial charge in [-0.1, -0.05) is 0 Å². The van der Waals surface area contributed by atoms with Gasteiger partial charge in [0.05, 0.1) is 25.6 Å². The molecule has 0 saturated carbocycles. The van der Waals surface area contributed by atoms with Gasteiger partial charge in [0.15, 0.2) is 11.5 Å². The number of carbonyl (C=O) groups is 2. The van der Waals surface area contributed by atoms with E-state index in [0.717, 1.165) is 5.69 Å². The lowest BCUT2D eigenvalue weighted by molar-refractivity contribution is -0.120. The molecule has 0 aromatic heterocycles. The van der Waals surface area contributed by atoms with Crippen molar-refractivity contribution in [3.8, 4) is 11.5 Å². The fourth-order valence-corrected chi connectivity index (χ4v) is 2.50. The van der Waals surface area contributed by atoms with Crippen LogP contribution in [-0.4, -0.2) is 38.6 Å². The second-order valence-electron chi connectivity index (χ2n) is 5.15. The predicted molar refractivity (Wildman–Crippen MR) is 83.4 cm³/mol. The minimum absolute atomic E-state index is 0.0517. The van der Waals surface area contributed by atoms with Gasteiger partial charge in [-0.15, -0.1) is 0 Å². The zero-order valence-corrected chi connectivity index (χ0v) is 13.0. The van der Waals surface area contributed by atoms with Crippen molar-refractivity contribution in [1.82, 2.24) is 0 Å². The molecule has 0 fully saturated rings. The Kier molecular flexibility index (Phi) is 4.75. The highest BCUT2D eigenvalue weighted by Crippen LogP contribution is 2.41. The van der Waals surface area contributed by atoms with Crippen LogP contribution in [0, 0.1) is 0 Å². The molecule has 0 bridgehead atoms. The van der Waals surface area contributed by atoms with Crippen LogP contribution in [0.4, 0.5) is 11.4 Å². The molecule has 1 aromatic rings. The third-order valence-corrected chi connectivity index (χ3v) is 3.61. The number of nitrogens with zero attached hydrogens (tertiary/aromatic N) is 1. The molecule has 0 saturated heterocycles. The van der Waals surface area contributed by atoms with Crippen molar-refractivity contribution in [3.05, 3.63) is 12.1 Å². The molecule has 1 aliphatic heterocycles. The van der Waals surface area contributed by atoms with Gasteiger partial charge in [-0.05, 0) is 13.3 Å². The monoisotopic (exact) mass is 307 g/mol. The van der Waals surface area contributed by atoms with Crippen molar-refractivity contribution in [2.45, 2.75) is 25.8 Å². The number of hydrogen-bond donors (Lipinski definition) is 2. The normalized spacial score (nSPS) is 16.8. The summed E-state index contributed by atoms with van der Waals surface area (Å²) in [5.74, 6) is 0.713. The highest BCUT2D eigenvalue weighted by Gasteiger charge is 2.30. The number of rotatable bonds is 6. The molecule has 2 rings (SSSR count). The first-order valence-corrected chi connectivity index (χ1v) is 7.10. The fourth-order valence-electron chi connectivity index (χ4n) is 2.50. The first kappa shape index (κ1) is 15.9. The summed E-state index contributed by atoms with van der Waals surface area (Å²) in [5, 5.41) is 3.15. The van der Waals surface area contributed by atoms with E-state index in [9.17, 15) is 9.59 Å². The Balaban J connectivity index is 2.34. The molecule has 0 spiro atoms. The standard InChI is InChI=1S/C15H21N3O4/c1-9-15(20)18(6-4-5-14(16)19)11-8-13(22-3)12(21-2)7-10(11)17-9/h7-9,17H,4-6H2,1-3H3,(H2,16,19). The van der Waals surface area contributed by atoms with Crippen LogP contribution in [0.15, 0.2) is 12.1 Å². The number of primary amides is 1. The minimum Gasteiger partial charge on any atom is -0.493 e. The van der Waals surface area contributed by atoms with E-state index in [1.165, 1.54) is 0 Å². The molecular weight excluding hydrogens is 286 g/mol. The number of carbonyl (C=O) groups excluding carboxylic acids is 2. The number of ether oxygens (including phenoxy) is 2. The van der Waals surface area contributed by atoms with Gasteiger partial charge in [0.25, 0.3) is 0 Å². The summed E-state index contributed by atoms with van der Waals surface area (Å²) in [4.78, 5) is 24.9. The summed E-state index contributed by atoms with van der Waals surface area (Å²) in [5.41, 5.74) is 6.67. The molecule has 7 heteroatoms. The first-order chi connectivity index (χ1) is 10.5. The van der Waals surface area contributed by atoms with Crippen molar-refractivity contribution in [1.29, 1.82) is 0 Å². The molecule has 1 aromatic carbocycles. The summed E-state index contributed by atoms with van der Waals surface area (Å²) in [7, 11) is 3.11. The van der Waals surface area contributed by atoms with Gasteiger partial charge in [0.1, 0.15) is 6.04 Å². The van der Waals surface area contributed by atoms with Crippen LogP contribution >= 0.6 is 0 Å². The Hall–Kier alpha value is -2.44. The minimum atomic E-state index is -0.372. The Morgan fingerprint density at radius 3 is 2.55 bits per heavy atom. The van der Waals surface area contributed by atoms with E-state index in [2.05, 4.69) is 5.32 Å². The van der Waals surface area contributed by atoms with Crippen LogP contribution < -0.4 is 25.4 Å². The average molecular weight is 307 g/mol. The highest BCUT2D eigenvalue weighted by molar-refractivity contribution is 6.05. The van der Waals surface area contributed by atoms with Crippen LogP contribution in [0.25, 0.3) is 0 Å². The largest absolute Gasteiger partial charge is 0.493 e. The Morgan fingerprint density at radius 1 is 1.32 bits per heavy atom. The number of amides is 2. The molecule has 1 aliphatic rings. The lowest BCUT2D eigenvalue weighted by Gasteiger charge is -2.34. The number of fused-ring (bicyclic) bond motifs is 1. The predicted octanol–water partition coefficient (Wildman–Crippen LogP) is 1.12. The average Bonchev–Trinajstić information content (AvgIpc) is 2.49. The second-order valence-corrected chi connectivity index (χ2v) is 5.15. The van der Waals surface area contributed by atoms with E-state index >= 15 is 0 Å². The third kappa shape index (κ3) is 3.08. The summed E-state index contributed by atoms with van der Waals surface area (Å²) in [6.07, 6.45) is 0.760. The van der Waals surface area contributed by atoms with Gasteiger partial charge in [0.2, 0.25) is 11.8 Å². The van der Waals surface area contributed by atoms with Gasteiger partial charge in [0, 0.05) is 25.1 Å². The van der Waals surface area contributed by atoms with Crippen molar-refractivity contribution >= 4 is 23.2 Å². The molecule has 1 heterocycles. The summed E-state index contributed by atoms with van der Waals surface area (Å²) in [6, 6.07) is 3.21. The van der Waals surface area contributed by atoms with Crippen LogP contribution in [0.3, 0.4) is 0 Å². The lowest BCUT2D eigenvalue weighted by Crippen LogP contribution is -2.46. The number of anilines is 2. The van der Waals surface area contributed by atoms with Crippen molar-refractivity contribution in [2.75, 3.05) is 31.0 Å². The smallest absolute Gasteiger partial charge is 0.249 e. The van der Waals surface area contributed by atoms with E-state index in [0.29, 0.717) is 30.2 Å². The molecule has 120 valence electrons. The number of nitrogens with one attached hydrogen (secondary N) is 1. The molecule has 0 radical (unpaired) electrons. The second kappa shape index (κ2) is 6.55. The van der Waals surface area contributed by atoms with Gasteiger partial charge in [-0.25, -0.2) is 0 Å². The molecular formula is C15H21N3O4. The molecule has 1 atom stereocenters. The molecule has 2 amide bonds. The van der Waals surface area contributed by atoms with Gasteiger partial charge in [-0.3, -0.25) is 9.59 Å². The topological polar surface area (TPSA) is 93.9 Å². The SMILES string of the molecule is COc1cc2c(cc1OC)N(CCCC(N)=O)C(=O)C(C)N2. The number of nitrogens with two attached hydrogens (primary N) is 1. The number of benzene rings is 1. The zero-order chi connectivity index (χ0) is 16.3. The van der Waals surface area contributed by atoms with Crippen molar-refractivity contribution in [2.24, 2.45) is 5.73 Å². The van der Waals surface area contributed by atoms with Crippen LogP contribution in [0.1, 0.15) is 19.8 Å². The van der Waals surface area contributed by atoms with E-state index < -0.39 is 0 Å². The maximum atomic E-state index is 12.4. The molecule has 3 N–H and O–H groups in total. The van der Waals surface area contributed by atoms with Gasteiger partial charge >= 0.3 is 0 Å². The van der Waals surface area contributed by atoms with E-state index in [1.807, 2.05) is 0 Å². The zero-order valence-electron chi connectivity index (χ0n) is 13.0. The lowest BCUT2D eigenvalue weighted by atomic mass is 10.1. The Bertz CT molecular complexity index is 588. The molecule has 0 aliphatic carbocycles. The van der Waals surface area contributed by atoms with Gasteiger partial charge in [-0.2, -0.15) is 0 Å². The Labute approximate surface area is 129 Å². The highest BCUT2D eigenvalue weighted by atomic mass is 16.5. The number of methoxy groups -OCH3 is 2. The summed E-state index contributed by atoms with van der Waals surface area (Å²) in [6.45, 7) is 2.22. The molecule has 1 unspecified atom stereocenters. The van der Waals surface area contributed by atoms with Crippen molar-refractivity contribution < 1.29 is 19.1 Å². The van der Waals surface area contributed by atoms with E-state index in [4.69, 9.17) is 15.2 Å². The van der Waals surface area contributed by atoms with E-state index in [-0.39, 0.29) is 24.3 Å². The van der Waals surface area contributed by atoms with E-state index in [1.54, 1.807) is 38.2 Å². The Morgan fingerprint density at radius 2 is 1.95 bits per heavy atom. The van der Waals surface area contributed by atoms with Crippen LogP contribution in [0.5, 0.6) is 11.5 Å². The fraction of sp³-hybridized carbons (Fsp3) is 0.467. The summed E-state index contributed by atoms with van der Waals surface area (Å²) >= 11 is 0. The van der Waals surface area contributed by atoms with Crippen LogP contribution in [0.2, 0.25) is 0 Å². The first-order valence-electron chi connectivity index (χ1n) is 7.10. The maximum Gasteiger partial charge on any atom is 0.249 e. The van der Waals surface area contributed by atoms with Crippen molar-refractivity contribution in [3.63, 3.8) is 0 Å². The molecule has 7 nitrogen and oxygen atoms in total.